The Morgan fingerprint density at radius 3 is 3.00 bits per heavy atom. The van der Waals surface area contributed by atoms with Gasteiger partial charge in [0.2, 0.25) is 5.88 Å². The van der Waals surface area contributed by atoms with Gasteiger partial charge in [-0.15, -0.1) is 0 Å². The van der Waals surface area contributed by atoms with Gasteiger partial charge < -0.3 is 9.72 Å². The van der Waals surface area contributed by atoms with Crippen molar-refractivity contribution in [2.75, 3.05) is 7.11 Å². The number of hydrogen-bond acceptors (Lipinski definition) is 3. The monoisotopic (exact) mass is 217 g/mol. The Morgan fingerprint density at radius 1 is 1.31 bits per heavy atom. The number of benzene rings is 1. The zero-order valence-electron chi connectivity index (χ0n) is 8.49. The van der Waals surface area contributed by atoms with Crippen molar-refractivity contribution in [2.45, 2.75) is 0 Å². The van der Waals surface area contributed by atoms with Gasteiger partial charge in [-0.05, 0) is 18.2 Å². The molecule has 1 aromatic carbocycles. The zero-order chi connectivity index (χ0) is 11.1. The minimum absolute atomic E-state index is 0.286. The molecule has 3 rings (SSSR count). The van der Waals surface area contributed by atoms with Crippen LogP contribution in [-0.4, -0.2) is 22.1 Å². The van der Waals surface area contributed by atoms with E-state index in [1.807, 2.05) is 0 Å². The largest absolute Gasteiger partial charge is 0.480 e. The lowest BCUT2D eigenvalue weighted by atomic mass is 10.2. The summed E-state index contributed by atoms with van der Waals surface area (Å²) in [5.41, 5.74) is 1.33. The first-order chi connectivity index (χ1) is 7.79. The molecule has 1 N–H and O–H groups in total. The van der Waals surface area contributed by atoms with Crippen LogP contribution in [0.1, 0.15) is 0 Å². The van der Waals surface area contributed by atoms with Crippen molar-refractivity contribution >= 4 is 21.9 Å². The Hall–Kier alpha value is -2.17. The lowest BCUT2D eigenvalue weighted by Crippen LogP contribution is -1.89. The molecule has 0 amide bonds. The van der Waals surface area contributed by atoms with Crippen molar-refractivity contribution in [1.29, 1.82) is 0 Å². The summed E-state index contributed by atoms with van der Waals surface area (Å²) in [4.78, 5) is 11.1. The second-order valence-electron chi connectivity index (χ2n) is 3.42. The summed E-state index contributed by atoms with van der Waals surface area (Å²) in [5.74, 6) is 0.203. The number of nitrogens with zero attached hydrogens (tertiary/aromatic N) is 2. The number of halogens is 1. The standard InChI is InChI=1S/C11H8FN3O/c1-16-11-9-7-3-2-6(12)4-8(7)15-10(9)13-5-14-11/h2-5H,1H3,(H,13,14,15). The van der Waals surface area contributed by atoms with Crippen LogP contribution < -0.4 is 4.74 Å². The summed E-state index contributed by atoms with van der Waals surface area (Å²) < 4.78 is 18.2. The van der Waals surface area contributed by atoms with Crippen LogP contribution in [0.5, 0.6) is 5.88 Å². The number of H-pyrrole nitrogens is 1. The predicted octanol–water partition coefficient (Wildman–Crippen LogP) is 2.26. The molecule has 0 bridgehead atoms. The molecule has 0 spiro atoms. The van der Waals surface area contributed by atoms with E-state index < -0.39 is 0 Å². The summed E-state index contributed by atoms with van der Waals surface area (Å²) in [6.45, 7) is 0. The lowest BCUT2D eigenvalue weighted by Gasteiger charge is -1.98. The van der Waals surface area contributed by atoms with E-state index in [0.717, 1.165) is 10.8 Å². The average Bonchev–Trinajstić information content (AvgIpc) is 2.65. The molecule has 0 unspecified atom stereocenters. The van der Waals surface area contributed by atoms with Gasteiger partial charge in [-0.25, -0.2) is 14.4 Å². The fourth-order valence-corrected chi connectivity index (χ4v) is 1.83. The molecule has 0 radical (unpaired) electrons. The molecule has 0 aliphatic carbocycles. The van der Waals surface area contributed by atoms with E-state index in [1.54, 1.807) is 13.2 Å². The zero-order valence-corrected chi connectivity index (χ0v) is 8.49. The molecule has 4 nitrogen and oxygen atoms in total. The molecule has 80 valence electrons. The van der Waals surface area contributed by atoms with Gasteiger partial charge in [-0.3, -0.25) is 0 Å². The van der Waals surface area contributed by atoms with E-state index in [-0.39, 0.29) is 5.82 Å². The molecule has 2 aromatic heterocycles. The van der Waals surface area contributed by atoms with Gasteiger partial charge in [0.05, 0.1) is 18.0 Å². The minimum atomic E-state index is -0.286. The number of methoxy groups -OCH3 is 1. The number of rotatable bonds is 1. The molecule has 0 saturated heterocycles. The van der Waals surface area contributed by atoms with Gasteiger partial charge in [0.25, 0.3) is 0 Å². The smallest absolute Gasteiger partial charge is 0.226 e. The highest BCUT2D eigenvalue weighted by Gasteiger charge is 2.11. The first-order valence-corrected chi connectivity index (χ1v) is 4.75. The number of hydrogen-bond donors (Lipinski definition) is 1. The molecule has 16 heavy (non-hydrogen) atoms. The summed E-state index contributed by atoms with van der Waals surface area (Å²) in [6, 6.07) is 4.52. The second kappa shape index (κ2) is 3.16. The van der Waals surface area contributed by atoms with Crippen LogP contribution in [0.3, 0.4) is 0 Å². The highest BCUT2D eigenvalue weighted by molar-refractivity contribution is 6.08. The summed E-state index contributed by atoms with van der Waals surface area (Å²) in [5, 5.41) is 1.63. The van der Waals surface area contributed by atoms with Gasteiger partial charge in [-0.1, -0.05) is 0 Å². The lowest BCUT2D eigenvalue weighted by molar-refractivity contribution is 0.403. The Kier molecular flexibility index (Phi) is 1.80. The normalized spacial score (nSPS) is 11.1. The first-order valence-electron chi connectivity index (χ1n) is 4.75. The fraction of sp³-hybridized carbons (Fsp3) is 0.0909. The van der Waals surface area contributed by atoms with Crippen LogP contribution in [0, 0.1) is 5.82 Å². The Labute approximate surface area is 90.1 Å². The maximum atomic E-state index is 13.1. The molecular formula is C11H8FN3O. The van der Waals surface area contributed by atoms with Crippen molar-refractivity contribution in [3.8, 4) is 5.88 Å². The molecule has 3 aromatic rings. The van der Waals surface area contributed by atoms with Crippen LogP contribution in [0.4, 0.5) is 4.39 Å². The fourth-order valence-electron chi connectivity index (χ4n) is 1.83. The minimum Gasteiger partial charge on any atom is -0.480 e. The quantitative estimate of drug-likeness (QED) is 0.680. The van der Waals surface area contributed by atoms with Crippen LogP contribution in [0.15, 0.2) is 24.5 Å². The van der Waals surface area contributed by atoms with Gasteiger partial charge in [0.15, 0.2) is 0 Å². The maximum absolute atomic E-state index is 13.1. The summed E-state index contributed by atoms with van der Waals surface area (Å²) in [7, 11) is 1.55. The molecule has 0 atom stereocenters. The van der Waals surface area contributed by atoms with E-state index in [0.29, 0.717) is 17.0 Å². The Balaban J connectivity index is 2.52. The molecular weight excluding hydrogens is 209 g/mol. The van der Waals surface area contributed by atoms with Gasteiger partial charge in [-0.2, -0.15) is 0 Å². The average molecular weight is 217 g/mol. The number of fused-ring (bicyclic) bond motifs is 3. The number of aromatic amines is 1. The van der Waals surface area contributed by atoms with E-state index in [2.05, 4.69) is 15.0 Å². The van der Waals surface area contributed by atoms with Gasteiger partial charge >= 0.3 is 0 Å². The van der Waals surface area contributed by atoms with Crippen molar-refractivity contribution in [3.05, 3.63) is 30.3 Å². The van der Waals surface area contributed by atoms with E-state index in [4.69, 9.17) is 4.74 Å². The van der Waals surface area contributed by atoms with E-state index in [1.165, 1.54) is 18.5 Å². The third-order valence-corrected chi connectivity index (χ3v) is 2.51. The third-order valence-electron chi connectivity index (χ3n) is 2.51. The van der Waals surface area contributed by atoms with Crippen molar-refractivity contribution in [3.63, 3.8) is 0 Å². The van der Waals surface area contributed by atoms with Crippen molar-refractivity contribution in [1.82, 2.24) is 15.0 Å². The Bertz CT molecular complexity index is 677. The van der Waals surface area contributed by atoms with Crippen LogP contribution in [0.2, 0.25) is 0 Å². The number of nitrogens with one attached hydrogen (secondary N) is 1. The topological polar surface area (TPSA) is 50.8 Å². The molecule has 0 aliphatic rings. The third kappa shape index (κ3) is 1.14. The van der Waals surface area contributed by atoms with Crippen molar-refractivity contribution < 1.29 is 9.13 Å². The molecule has 2 heterocycles. The maximum Gasteiger partial charge on any atom is 0.226 e. The summed E-state index contributed by atoms with van der Waals surface area (Å²) >= 11 is 0. The summed E-state index contributed by atoms with van der Waals surface area (Å²) in [6.07, 6.45) is 1.41. The molecule has 5 heteroatoms. The van der Waals surface area contributed by atoms with Gasteiger partial charge in [0.1, 0.15) is 17.8 Å². The van der Waals surface area contributed by atoms with Crippen LogP contribution in [0.25, 0.3) is 21.9 Å². The van der Waals surface area contributed by atoms with E-state index >= 15 is 0 Å². The highest BCUT2D eigenvalue weighted by atomic mass is 19.1. The second-order valence-corrected chi connectivity index (χ2v) is 3.42. The first kappa shape index (κ1) is 9.08. The van der Waals surface area contributed by atoms with Crippen LogP contribution in [-0.2, 0) is 0 Å². The van der Waals surface area contributed by atoms with Crippen LogP contribution >= 0.6 is 0 Å². The SMILES string of the molecule is COc1ncnc2[nH]c3cc(F)ccc3c12. The Morgan fingerprint density at radius 2 is 2.19 bits per heavy atom. The molecule has 0 saturated carbocycles. The predicted molar refractivity (Wildman–Crippen MR) is 57.9 cm³/mol. The number of aromatic nitrogens is 3. The molecule has 0 aliphatic heterocycles. The number of ether oxygens (including phenoxy) is 1. The van der Waals surface area contributed by atoms with Gasteiger partial charge in [0, 0.05) is 5.39 Å². The van der Waals surface area contributed by atoms with Crippen molar-refractivity contribution in [2.24, 2.45) is 0 Å². The molecule has 0 fully saturated rings. The van der Waals surface area contributed by atoms with E-state index in [9.17, 15) is 4.39 Å². The highest BCUT2D eigenvalue weighted by Crippen LogP contribution is 2.30.